The molecule has 9 heteroatoms. The van der Waals surface area contributed by atoms with Gasteiger partial charge in [-0.1, -0.05) is 13.8 Å². The summed E-state index contributed by atoms with van der Waals surface area (Å²) in [6.45, 7) is 7.62. The van der Waals surface area contributed by atoms with Gasteiger partial charge in [-0.25, -0.2) is 13.2 Å². The zero-order valence-corrected chi connectivity index (χ0v) is 18.0. The molecule has 2 rings (SSSR count). The van der Waals surface area contributed by atoms with Crippen LogP contribution in [0.1, 0.15) is 50.9 Å². The van der Waals surface area contributed by atoms with Crippen LogP contribution in [0.4, 0.5) is 0 Å². The van der Waals surface area contributed by atoms with Crippen molar-refractivity contribution in [1.29, 1.82) is 5.26 Å². The second-order valence-corrected chi connectivity index (χ2v) is 9.58. The second kappa shape index (κ2) is 8.93. The molecule has 1 fully saturated rings. The normalized spacial score (nSPS) is 17.9. The van der Waals surface area contributed by atoms with Crippen molar-refractivity contribution in [3.05, 3.63) is 29.8 Å². The van der Waals surface area contributed by atoms with Gasteiger partial charge in [-0.3, -0.25) is 4.79 Å². The first-order valence-corrected chi connectivity index (χ1v) is 11.0. The molecule has 1 aromatic rings. The molecule has 8 nitrogen and oxygen atoms in total. The number of ether oxygens (including phenoxy) is 1. The predicted molar refractivity (Wildman–Crippen MR) is 106 cm³/mol. The van der Waals surface area contributed by atoms with E-state index in [0.717, 1.165) is 12.8 Å². The number of amides is 1. The van der Waals surface area contributed by atoms with Crippen molar-refractivity contribution in [2.75, 3.05) is 13.1 Å². The molecule has 0 saturated carbocycles. The van der Waals surface area contributed by atoms with Gasteiger partial charge in [-0.2, -0.15) is 9.57 Å². The lowest BCUT2D eigenvalue weighted by molar-refractivity contribution is -0.130. The number of carbonyl (C=O) groups is 2. The van der Waals surface area contributed by atoms with Gasteiger partial charge in [-0.05, 0) is 56.9 Å². The van der Waals surface area contributed by atoms with Crippen LogP contribution in [-0.2, 0) is 19.6 Å². The van der Waals surface area contributed by atoms with E-state index in [9.17, 15) is 23.3 Å². The molecule has 1 heterocycles. The van der Waals surface area contributed by atoms with Gasteiger partial charge in [0.05, 0.1) is 16.5 Å². The van der Waals surface area contributed by atoms with Gasteiger partial charge >= 0.3 is 5.97 Å². The van der Waals surface area contributed by atoms with Crippen molar-refractivity contribution in [2.45, 2.75) is 57.1 Å². The summed E-state index contributed by atoms with van der Waals surface area (Å²) in [6, 6.07) is 7.51. The van der Waals surface area contributed by atoms with E-state index in [2.05, 4.69) is 11.4 Å². The number of carbonyl (C=O) groups excluding carboxylic acids is 2. The molecule has 1 amide bonds. The SMILES string of the molecule is CC(C)[C@](C)(C#N)NC(=O)[C@@H](C)OC(=O)c1ccc(S(=O)(=O)N2CCCC2)cc1. The summed E-state index contributed by atoms with van der Waals surface area (Å²) in [6.07, 6.45) is 0.568. The summed E-state index contributed by atoms with van der Waals surface area (Å²) >= 11 is 0. The van der Waals surface area contributed by atoms with Crippen molar-refractivity contribution in [1.82, 2.24) is 9.62 Å². The molecule has 1 saturated heterocycles. The Morgan fingerprint density at radius 1 is 1.17 bits per heavy atom. The first kappa shape index (κ1) is 22.8. The Morgan fingerprint density at radius 3 is 2.21 bits per heavy atom. The van der Waals surface area contributed by atoms with Crippen LogP contribution in [0.15, 0.2) is 29.2 Å². The Hall–Kier alpha value is -2.44. The molecule has 1 aliphatic rings. The number of rotatable bonds is 7. The lowest BCUT2D eigenvalue weighted by atomic mass is 9.90. The fourth-order valence-corrected chi connectivity index (χ4v) is 4.30. The van der Waals surface area contributed by atoms with Gasteiger partial charge in [0.15, 0.2) is 6.10 Å². The minimum Gasteiger partial charge on any atom is -0.449 e. The van der Waals surface area contributed by atoms with Gasteiger partial charge in [0.1, 0.15) is 5.54 Å². The van der Waals surface area contributed by atoms with E-state index in [4.69, 9.17) is 4.74 Å². The molecule has 29 heavy (non-hydrogen) atoms. The van der Waals surface area contributed by atoms with Crippen LogP contribution in [0.5, 0.6) is 0 Å². The Kier molecular flexibility index (Phi) is 7.03. The van der Waals surface area contributed by atoms with Crippen molar-refractivity contribution in [3.8, 4) is 6.07 Å². The molecule has 0 aliphatic carbocycles. The number of nitrogens with one attached hydrogen (secondary N) is 1. The average Bonchev–Trinajstić information content (AvgIpc) is 3.23. The molecule has 158 valence electrons. The Bertz CT molecular complexity index is 899. The van der Waals surface area contributed by atoms with E-state index >= 15 is 0 Å². The molecule has 1 N–H and O–H groups in total. The highest BCUT2D eigenvalue weighted by atomic mass is 32.2. The first-order valence-electron chi connectivity index (χ1n) is 9.55. The van der Waals surface area contributed by atoms with Gasteiger partial charge in [-0.15, -0.1) is 0 Å². The molecule has 0 bridgehead atoms. The maximum atomic E-state index is 12.5. The summed E-state index contributed by atoms with van der Waals surface area (Å²) in [5, 5.41) is 11.9. The number of hydrogen-bond donors (Lipinski definition) is 1. The van der Waals surface area contributed by atoms with Crippen molar-refractivity contribution < 1.29 is 22.7 Å². The summed E-state index contributed by atoms with van der Waals surface area (Å²) < 4.78 is 31.7. The monoisotopic (exact) mass is 421 g/mol. The number of sulfonamides is 1. The Morgan fingerprint density at radius 2 is 1.72 bits per heavy atom. The van der Waals surface area contributed by atoms with E-state index < -0.39 is 33.5 Å². The van der Waals surface area contributed by atoms with Crippen LogP contribution in [0, 0.1) is 17.2 Å². The average molecular weight is 422 g/mol. The molecule has 0 spiro atoms. The minimum absolute atomic E-state index is 0.114. The minimum atomic E-state index is -3.56. The number of hydrogen-bond acceptors (Lipinski definition) is 6. The summed E-state index contributed by atoms with van der Waals surface area (Å²) in [4.78, 5) is 24.7. The molecule has 0 unspecified atom stereocenters. The highest BCUT2D eigenvalue weighted by Crippen LogP contribution is 2.21. The molecular formula is C20H27N3O5S. The van der Waals surface area contributed by atoms with Crippen LogP contribution in [0.25, 0.3) is 0 Å². The number of esters is 1. The Labute approximate surface area is 171 Å². The zero-order valence-electron chi connectivity index (χ0n) is 17.1. The van der Waals surface area contributed by atoms with Crippen molar-refractivity contribution in [3.63, 3.8) is 0 Å². The lowest BCUT2D eigenvalue weighted by Gasteiger charge is -2.28. The Balaban J connectivity index is 2.03. The molecule has 2 atom stereocenters. The highest BCUT2D eigenvalue weighted by molar-refractivity contribution is 7.89. The standard InChI is InChI=1S/C20H27N3O5S/c1-14(2)20(4,13-21)22-18(24)15(3)28-19(25)16-7-9-17(10-8-16)29(26,27)23-11-5-6-12-23/h7-10,14-15H,5-6,11-12H2,1-4H3,(H,22,24)/t15-,20+/m1/s1. The van der Waals surface area contributed by atoms with E-state index in [-0.39, 0.29) is 16.4 Å². The molecular weight excluding hydrogens is 394 g/mol. The summed E-state index contributed by atoms with van der Waals surface area (Å²) in [5.41, 5.74) is -0.944. The van der Waals surface area contributed by atoms with Crippen LogP contribution in [-0.4, -0.2) is 49.3 Å². The van der Waals surface area contributed by atoms with Crippen molar-refractivity contribution in [2.24, 2.45) is 5.92 Å². The van der Waals surface area contributed by atoms with E-state index in [1.807, 2.05) is 0 Å². The van der Waals surface area contributed by atoms with Crippen LogP contribution < -0.4 is 5.32 Å². The van der Waals surface area contributed by atoms with E-state index in [1.165, 1.54) is 35.5 Å². The molecule has 1 aliphatic heterocycles. The van der Waals surface area contributed by atoms with Crippen LogP contribution >= 0.6 is 0 Å². The van der Waals surface area contributed by atoms with Gasteiger partial charge < -0.3 is 10.1 Å². The number of nitrogens with zero attached hydrogens (tertiary/aromatic N) is 2. The third kappa shape index (κ3) is 5.14. The fraction of sp³-hybridized carbons (Fsp3) is 0.550. The third-order valence-corrected chi connectivity index (χ3v) is 7.13. The van der Waals surface area contributed by atoms with Gasteiger partial charge in [0.2, 0.25) is 10.0 Å². The first-order chi connectivity index (χ1) is 13.5. The third-order valence-electron chi connectivity index (χ3n) is 5.22. The maximum absolute atomic E-state index is 12.5. The van der Waals surface area contributed by atoms with Gasteiger partial charge in [0.25, 0.3) is 5.91 Å². The predicted octanol–water partition coefficient (Wildman–Crippen LogP) is 2.07. The zero-order chi connectivity index (χ0) is 21.8. The smallest absolute Gasteiger partial charge is 0.338 e. The van der Waals surface area contributed by atoms with Crippen LogP contribution in [0.3, 0.4) is 0 Å². The quantitative estimate of drug-likeness (QED) is 0.674. The summed E-state index contributed by atoms with van der Waals surface area (Å²) in [5.74, 6) is -1.46. The number of benzene rings is 1. The van der Waals surface area contributed by atoms with Crippen LogP contribution in [0.2, 0.25) is 0 Å². The summed E-state index contributed by atoms with van der Waals surface area (Å²) in [7, 11) is -3.56. The largest absolute Gasteiger partial charge is 0.449 e. The van der Waals surface area contributed by atoms with E-state index in [0.29, 0.717) is 13.1 Å². The highest BCUT2D eigenvalue weighted by Gasteiger charge is 2.33. The molecule has 1 aromatic carbocycles. The second-order valence-electron chi connectivity index (χ2n) is 7.64. The lowest BCUT2D eigenvalue weighted by Crippen LogP contribution is -2.52. The maximum Gasteiger partial charge on any atom is 0.338 e. The molecule has 0 aromatic heterocycles. The topological polar surface area (TPSA) is 117 Å². The fourth-order valence-electron chi connectivity index (χ4n) is 2.78. The molecule has 0 radical (unpaired) electrons. The van der Waals surface area contributed by atoms with E-state index in [1.54, 1.807) is 20.8 Å². The van der Waals surface area contributed by atoms with Gasteiger partial charge in [0, 0.05) is 13.1 Å². The number of nitriles is 1. The van der Waals surface area contributed by atoms with Crippen molar-refractivity contribution >= 4 is 21.9 Å².